The predicted molar refractivity (Wildman–Crippen MR) is 79.8 cm³/mol. The van der Waals surface area contributed by atoms with Gasteiger partial charge in [-0.05, 0) is 31.9 Å². The fourth-order valence-corrected chi connectivity index (χ4v) is 2.62. The number of amides is 2. The molecule has 2 amide bonds. The Morgan fingerprint density at radius 2 is 2.19 bits per heavy atom. The Morgan fingerprint density at radius 3 is 2.86 bits per heavy atom. The number of carbonyl (C=O) groups excluding carboxylic acids is 1. The van der Waals surface area contributed by atoms with Crippen LogP contribution in [0.4, 0.5) is 14.9 Å². The van der Waals surface area contributed by atoms with Gasteiger partial charge in [-0.15, -0.1) is 0 Å². The van der Waals surface area contributed by atoms with Crippen LogP contribution < -0.4 is 5.32 Å². The molecule has 114 valence electrons. The summed E-state index contributed by atoms with van der Waals surface area (Å²) in [6.45, 7) is 2.24. The molecule has 0 bridgehead atoms. The van der Waals surface area contributed by atoms with Crippen LogP contribution in [0.5, 0.6) is 0 Å². The van der Waals surface area contributed by atoms with Gasteiger partial charge in [-0.25, -0.2) is 9.18 Å². The molecule has 1 aliphatic rings. The van der Waals surface area contributed by atoms with Crippen molar-refractivity contribution in [3.8, 4) is 0 Å². The molecule has 2 rings (SSSR count). The first-order valence-corrected chi connectivity index (χ1v) is 7.42. The van der Waals surface area contributed by atoms with Gasteiger partial charge in [0, 0.05) is 23.1 Å². The van der Waals surface area contributed by atoms with E-state index in [2.05, 4.69) is 21.2 Å². The number of nitrogens with one attached hydrogen (secondary N) is 1. The molecule has 0 radical (unpaired) electrons. The number of carbonyl (C=O) groups is 2. The van der Waals surface area contributed by atoms with E-state index in [1.165, 1.54) is 11.0 Å². The molecular formula is C14H16BrFN2O3. The summed E-state index contributed by atoms with van der Waals surface area (Å²) in [7, 11) is 0. The normalized spacial score (nSPS) is 18.4. The zero-order valence-corrected chi connectivity index (χ0v) is 13.1. The number of benzene rings is 1. The smallest absolute Gasteiger partial charge is 0.321 e. The Labute approximate surface area is 130 Å². The van der Waals surface area contributed by atoms with Gasteiger partial charge in [0.25, 0.3) is 0 Å². The number of likely N-dealkylation sites (tertiary alicyclic amines) is 1. The summed E-state index contributed by atoms with van der Waals surface area (Å²) in [5.41, 5.74) is 0.507. The zero-order chi connectivity index (χ0) is 15.6. The highest BCUT2D eigenvalue weighted by molar-refractivity contribution is 9.10. The van der Waals surface area contributed by atoms with Crippen LogP contribution in [-0.2, 0) is 4.79 Å². The van der Waals surface area contributed by atoms with Crippen molar-refractivity contribution in [3.63, 3.8) is 0 Å². The molecule has 7 heteroatoms. The maximum Gasteiger partial charge on any atom is 0.321 e. The lowest BCUT2D eigenvalue weighted by Gasteiger charge is -2.30. The lowest BCUT2D eigenvalue weighted by molar-refractivity contribution is -0.143. The number of rotatable bonds is 2. The number of carboxylic acid groups (broad SMARTS) is 1. The molecule has 0 saturated carbocycles. The summed E-state index contributed by atoms with van der Waals surface area (Å²) in [4.78, 5) is 24.5. The molecule has 0 aliphatic carbocycles. The Kier molecular flexibility index (Phi) is 4.82. The minimum Gasteiger partial charge on any atom is -0.481 e. The number of halogens is 2. The highest BCUT2D eigenvalue weighted by atomic mass is 79.9. The van der Waals surface area contributed by atoms with E-state index in [0.29, 0.717) is 29.4 Å². The lowest BCUT2D eigenvalue weighted by Crippen LogP contribution is -2.44. The molecule has 5 nitrogen and oxygen atoms in total. The van der Waals surface area contributed by atoms with Gasteiger partial charge >= 0.3 is 12.0 Å². The van der Waals surface area contributed by atoms with Crippen molar-refractivity contribution in [3.05, 3.63) is 28.0 Å². The number of piperidine rings is 1. The van der Waals surface area contributed by atoms with E-state index in [9.17, 15) is 14.0 Å². The second-order valence-electron chi connectivity index (χ2n) is 5.09. The molecule has 0 aromatic heterocycles. The van der Waals surface area contributed by atoms with E-state index in [1.807, 2.05) is 0 Å². The van der Waals surface area contributed by atoms with Crippen molar-refractivity contribution in [2.24, 2.45) is 5.92 Å². The molecule has 1 aromatic carbocycles. The van der Waals surface area contributed by atoms with Gasteiger partial charge in [-0.3, -0.25) is 4.79 Å². The Hall–Kier alpha value is -1.63. The number of nitrogens with zero attached hydrogens (tertiary/aromatic N) is 1. The first-order chi connectivity index (χ1) is 9.90. The van der Waals surface area contributed by atoms with Crippen molar-refractivity contribution >= 4 is 33.6 Å². The molecule has 1 saturated heterocycles. The number of urea groups is 1. The van der Waals surface area contributed by atoms with E-state index in [1.54, 1.807) is 13.0 Å². The number of hydrogen-bond acceptors (Lipinski definition) is 2. The first kappa shape index (κ1) is 15.8. The van der Waals surface area contributed by atoms with Gasteiger partial charge in [0.2, 0.25) is 0 Å². The quantitative estimate of drug-likeness (QED) is 0.852. The highest BCUT2D eigenvalue weighted by Gasteiger charge is 2.28. The van der Waals surface area contributed by atoms with Gasteiger partial charge in [-0.1, -0.05) is 15.9 Å². The molecule has 1 aliphatic heterocycles. The molecule has 2 N–H and O–H groups in total. The Morgan fingerprint density at radius 1 is 1.48 bits per heavy atom. The SMILES string of the molecule is Cc1c(Br)ccc(NC(=O)N2CCCC(C(=O)O)C2)c1F. The van der Waals surface area contributed by atoms with Gasteiger partial charge in [0.15, 0.2) is 5.82 Å². The van der Waals surface area contributed by atoms with Gasteiger partial charge in [0.05, 0.1) is 11.6 Å². The molecule has 1 heterocycles. The number of hydrogen-bond donors (Lipinski definition) is 2. The summed E-state index contributed by atoms with van der Waals surface area (Å²) < 4.78 is 14.7. The minimum atomic E-state index is -0.904. The van der Waals surface area contributed by atoms with Crippen LogP contribution in [-0.4, -0.2) is 35.1 Å². The Bertz CT molecular complexity index is 580. The van der Waals surface area contributed by atoms with Crippen LogP contribution in [0.3, 0.4) is 0 Å². The van der Waals surface area contributed by atoms with Crippen LogP contribution in [0.1, 0.15) is 18.4 Å². The molecule has 1 aromatic rings. The van der Waals surface area contributed by atoms with E-state index >= 15 is 0 Å². The Balaban J connectivity index is 2.08. The maximum absolute atomic E-state index is 14.0. The molecule has 1 fully saturated rings. The van der Waals surface area contributed by atoms with Gasteiger partial charge in [-0.2, -0.15) is 0 Å². The minimum absolute atomic E-state index is 0.0955. The lowest BCUT2D eigenvalue weighted by atomic mass is 9.99. The van der Waals surface area contributed by atoms with E-state index in [4.69, 9.17) is 5.11 Å². The van der Waals surface area contributed by atoms with Crippen molar-refractivity contribution in [1.82, 2.24) is 4.90 Å². The maximum atomic E-state index is 14.0. The van der Waals surface area contributed by atoms with E-state index in [-0.39, 0.29) is 12.2 Å². The third-order valence-corrected chi connectivity index (χ3v) is 4.48. The number of anilines is 1. The predicted octanol–water partition coefficient (Wildman–Crippen LogP) is 3.23. The average Bonchev–Trinajstić information content (AvgIpc) is 2.48. The van der Waals surface area contributed by atoms with Crippen molar-refractivity contribution in [2.75, 3.05) is 18.4 Å². The topological polar surface area (TPSA) is 69.6 Å². The summed E-state index contributed by atoms with van der Waals surface area (Å²) in [5, 5.41) is 11.5. The van der Waals surface area contributed by atoms with Crippen LogP contribution in [0.25, 0.3) is 0 Å². The monoisotopic (exact) mass is 358 g/mol. The molecule has 1 atom stereocenters. The second-order valence-corrected chi connectivity index (χ2v) is 5.94. The third kappa shape index (κ3) is 3.53. The fraction of sp³-hybridized carbons (Fsp3) is 0.429. The molecule has 21 heavy (non-hydrogen) atoms. The van der Waals surface area contributed by atoms with E-state index < -0.39 is 23.7 Å². The van der Waals surface area contributed by atoms with Crippen LogP contribution in [0, 0.1) is 18.7 Å². The van der Waals surface area contributed by atoms with Crippen molar-refractivity contribution < 1.29 is 19.1 Å². The zero-order valence-electron chi connectivity index (χ0n) is 11.5. The first-order valence-electron chi connectivity index (χ1n) is 6.63. The van der Waals surface area contributed by atoms with Crippen LogP contribution in [0.15, 0.2) is 16.6 Å². The highest BCUT2D eigenvalue weighted by Crippen LogP contribution is 2.26. The summed E-state index contributed by atoms with van der Waals surface area (Å²) in [5.74, 6) is -1.95. The molecule has 1 unspecified atom stereocenters. The van der Waals surface area contributed by atoms with E-state index in [0.717, 1.165) is 0 Å². The van der Waals surface area contributed by atoms with Crippen molar-refractivity contribution in [1.29, 1.82) is 0 Å². The van der Waals surface area contributed by atoms with Gasteiger partial charge < -0.3 is 15.3 Å². The van der Waals surface area contributed by atoms with Gasteiger partial charge in [0.1, 0.15) is 0 Å². The summed E-state index contributed by atoms with van der Waals surface area (Å²) in [6.07, 6.45) is 1.19. The number of aliphatic carboxylic acids is 1. The standard InChI is InChI=1S/C14H16BrFN2O3/c1-8-10(15)4-5-11(12(8)16)17-14(21)18-6-2-3-9(7-18)13(19)20/h4-5,9H,2-3,6-7H2,1H3,(H,17,21)(H,19,20). The van der Waals surface area contributed by atoms with Crippen LogP contribution >= 0.6 is 15.9 Å². The largest absolute Gasteiger partial charge is 0.481 e. The fourth-order valence-electron chi connectivity index (χ4n) is 2.32. The summed E-state index contributed by atoms with van der Waals surface area (Å²) in [6, 6.07) is 2.66. The number of carboxylic acids is 1. The second kappa shape index (κ2) is 6.43. The molecular weight excluding hydrogens is 343 g/mol. The van der Waals surface area contributed by atoms with Crippen LogP contribution in [0.2, 0.25) is 0 Å². The third-order valence-electron chi connectivity index (χ3n) is 3.62. The average molecular weight is 359 g/mol. The molecule has 0 spiro atoms. The summed E-state index contributed by atoms with van der Waals surface area (Å²) >= 11 is 3.22. The van der Waals surface area contributed by atoms with Crippen molar-refractivity contribution in [2.45, 2.75) is 19.8 Å².